The van der Waals surface area contributed by atoms with Crippen molar-refractivity contribution in [3.8, 4) is 17.2 Å². The zero-order valence-corrected chi connectivity index (χ0v) is 13.0. The molecule has 1 heterocycles. The quantitative estimate of drug-likeness (QED) is 0.754. The number of carbonyl (C=O) groups excluding carboxylic acids is 1. The fraction of sp³-hybridized carbons (Fsp3) is 0.562. The lowest BCUT2D eigenvalue weighted by Gasteiger charge is -2.26. The van der Waals surface area contributed by atoms with Gasteiger partial charge in [0.25, 0.3) is 0 Å². The van der Waals surface area contributed by atoms with Crippen LogP contribution >= 0.6 is 0 Å². The molecule has 1 aromatic carbocycles. The van der Waals surface area contributed by atoms with Gasteiger partial charge in [-0.15, -0.1) is 0 Å². The number of carbonyl (C=O) groups is 1. The summed E-state index contributed by atoms with van der Waals surface area (Å²) in [6.45, 7) is 2.40. The molecule has 0 radical (unpaired) electrons. The first kappa shape index (κ1) is 15.6. The molecular weight excluding hydrogens is 270 g/mol. The van der Waals surface area contributed by atoms with Crippen molar-refractivity contribution >= 4 is 5.78 Å². The SMILES string of the molecule is COc1ccc(C(=O)CN2CCCCC2)c(OC)c1OC. The van der Waals surface area contributed by atoms with Gasteiger partial charge in [-0.2, -0.15) is 0 Å². The summed E-state index contributed by atoms with van der Waals surface area (Å²) in [6, 6.07) is 3.48. The Morgan fingerprint density at radius 3 is 2.24 bits per heavy atom. The molecule has 0 aliphatic carbocycles. The molecular formula is C16H23NO4. The third kappa shape index (κ3) is 3.47. The molecule has 1 saturated heterocycles. The molecule has 21 heavy (non-hydrogen) atoms. The van der Waals surface area contributed by atoms with Crippen molar-refractivity contribution in [3.63, 3.8) is 0 Å². The van der Waals surface area contributed by atoms with Crippen molar-refractivity contribution in [2.75, 3.05) is 41.0 Å². The van der Waals surface area contributed by atoms with E-state index in [1.54, 1.807) is 26.4 Å². The van der Waals surface area contributed by atoms with Crippen molar-refractivity contribution in [3.05, 3.63) is 17.7 Å². The van der Waals surface area contributed by atoms with Gasteiger partial charge in [0.05, 0.1) is 33.4 Å². The Balaban J connectivity index is 2.23. The van der Waals surface area contributed by atoms with Crippen LogP contribution in [0, 0.1) is 0 Å². The summed E-state index contributed by atoms with van der Waals surface area (Å²) in [7, 11) is 4.64. The molecule has 0 unspecified atom stereocenters. The van der Waals surface area contributed by atoms with Gasteiger partial charge in [0.2, 0.25) is 5.75 Å². The Morgan fingerprint density at radius 1 is 1.00 bits per heavy atom. The van der Waals surface area contributed by atoms with E-state index in [2.05, 4.69) is 4.90 Å². The number of benzene rings is 1. The molecule has 5 heteroatoms. The first-order chi connectivity index (χ1) is 10.2. The third-order valence-corrected chi connectivity index (χ3v) is 3.82. The molecule has 5 nitrogen and oxygen atoms in total. The van der Waals surface area contributed by atoms with Crippen LogP contribution in [0.15, 0.2) is 12.1 Å². The maximum atomic E-state index is 12.5. The van der Waals surface area contributed by atoms with Gasteiger partial charge in [0.1, 0.15) is 0 Å². The van der Waals surface area contributed by atoms with Crippen LogP contribution in [0.25, 0.3) is 0 Å². The molecule has 0 atom stereocenters. The first-order valence-electron chi connectivity index (χ1n) is 7.25. The molecule has 0 N–H and O–H groups in total. The van der Waals surface area contributed by atoms with E-state index in [0.717, 1.165) is 25.9 Å². The van der Waals surface area contributed by atoms with Gasteiger partial charge < -0.3 is 14.2 Å². The lowest BCUT2D eigenvalue weighted by molar-refractivity contribution is 0.0912. The zero-order valence-electron chi connectivity index (χ0n) is 13.0. The first-order valence-corrected chi connectivity index (χ1v) is 7.25. The maximum absolute atomic E-state index is 12.5. The van der Waals surface area contributed by atoms with Crippen molar-refractivity contribution in [1.29, 1.82) is 0 Å². The number of methoxy groups -OCH3 is 3. The number of rotatable bonds is 6. The van der Waals surface area contributed by atoms with Crippen LogP contribution in [-0.2, 0) is 0 Å². The number of hydrogen-bond donors (Lipinski definition) is 0. The van der Waals surface area contributed by atoms with Crippen LogP contribution in [0.1, 0.15) is 29.6 Å². The van der Waals surface area contributed by atoms with E-state index in [-0.39, 0.29) is 5.78 Å². The molecule has 2 rings (SSSR count). The summed E-state index contributed by atoms with van der Waals surface area (Å²) >= 11 is 0. The Bertz CT molecular complexity index is 495. The number of piperidine rings is 1. The van der Waals surface area contributed by atoms with Crippen molar-refractivity contribution in [2.45, 2.75) is 19.3 Å². The molecule has 0 bridgehead atoms. The molecule has 1 aromatic rings. The second kappa shape index (κ2) is 7.31. The lowest BCUT2D eigenvalue weighted by Crippen LogP contribution is -2.34. The molecule has 1 aliphatic heterocycles. The minimum absolute atomic E-state index is 0.0507. The highest BCUT2D eigenvalue weighted by Crippen LogP contribution is 2.39. The average molecular weight is 293 g/mol. The van der Waals surface area contributed by atoms with Crippen LogP contribution in [0.5, 0.6) is 17.2 Å². The summed E-state index contributed by atoms with van der Waals surface area (Å²) in [5.41, 5.74) is 0.542. The van der Waals surface area contributed by atoms with E-state index in [0.29, 0.717) is 29.4 Å². The van der Waals surface area contributed by atoms with Crippen molar-refractivity contribution < 1.29 is 19.0 Å². The van der Waals surface area contributed by atoms with Crippen molar-refractivity contribution in [1.82, 2.24) is 4.90 Å². The largest absolute Gasteiger partial charge is 0.493 e. The number of hydrogen-bond acceptors (Lipinski definition) is 5. The molecule has 1 fully saturated rings. The molecule has 0 amide bonds. The second-order valence-corrected chi connectivity index (χ2v) is 5.14. The topological polar surface area (TPSA) is 48.0 Å². The third-order valence-electron chi connectivity index (χ3n) is 3.82. The minimum atomic E-state index is 0.0507. The Kier molecular flexibility index (Phi) is 5.44. The van der Waals surface area contributed by atoms with E-state index in [1.165, 1.54) is 13.5 Å². The van der Waals surface area contributed by atoms with Gasteiger partial charge in [-0.1, -0.05) is 6.42 Å². The van der Waals surface area contributed by atoms with Crippen LogP contribution in [-0.4, -0.2) is 51.6 Å². The second-order valence-electron chi connectivity index (χ2n) is 5.14. The fourth-order valence-corrected chi connectivity index (χ4v) is 2.73. The average Bonchev–Trinajstić information content (AvgIpc) is 2.53. The Morgan fingerprint density at radius 2 is 1.67 bits per heavy atom. The molecule has 116 valence electrons. The summed E-state index contributed by atoms with van der Waals surface area (Å²) in [5.74, 6) is 1.52. The number of ether oxygens (including phenoxy) is 3. The van der Waals surface area contributed by atoms with Gasteiger partial charge >= 0.3 is 0 Å². The molecule has 0 spiro atoms. The van der Waals surface area contributed by atoms with Crippen molar-refractivity contribution in [2.24, 2.45) is 0 Å². The summed E-state index contributed by atoms with van der Waals surface area (Å²) in [6.07, 6.45) is 3.58. The van der Waals surface area contributed by atoms with Gasteiger partial charge in [0, 0.05) is 0 Å². The number of ketones is 1. The number of Topliss-reactive ketones (excluding diaryl/α,β-unsaturated/α-hetero) is 1. The summed E-state index contributed by atoms with van der Waals surface area (Å²) in [5, 5.41) is 0. The smallest absolute Gasteiger partial charge is 0.204 e. The van der Waals surface area contributed by atoms with Gasteiger partial charge in [-0.05, 0) is 38.1 Å². The van der Waals surface area contributed by atoms with E-state index in [9.17, 15) is 4.79 Å². The predicted octanol–water partition coefficient (Wildman–Crippen LogP) is 2.38. The van der Waals surface area contributed by atoms with Crippen LogP contribution < -0.4 is 14.2 Å². The van der Waals surface area contributed by atoms with Gasteiger partial charge in [0.15, 0.2) is 17.3 Å². The fourth-order valence-electron chi connectivity index (χ4n) is 2.73. The summed E-state index contributed by atoms with van der Waals surface area (Å²) < 4.78 is 15.9. The Labute approximate surface area is 125 Å². The standard InChI is InChI=1S/C16H23NO4/c1-19-14-8-7-12(15(20-2)16(14)21-3)13(18)11-17-9-5-4-6-10-17/h7-8H,4-6,9-11H2,1-3H3. The van der Waals surface area contributed by atoms with Crippen LogP contribution in [0.3, 0.4) is 0 Å². The highest BCUT2D eigenvalue weighted by atomic mass is 16.5. The summed E-state index contributed by atoms with van der Waals surface area (Å²) in [4.78, 5) is 14.7. The van der Waals surface area contributed by atoms with E-state index >= 15 is 0 Å². The van der Waals surface area contributed by atoms with E-state index in [1.807, 2.05) is 0 Å². The highest BCUT2D eigenvalue weighted by molar-refractivity contribution is 6.01. The Hall–Kier alpha value is -1.75. The monoisotopic (exact) mass is 293 g/mol. The predicted molar refractivity (Wildman–Crippen MR) is 80.7 cm³/mol. The lowest BCUT2D eigenvalue weighted by atomic mass is 10.1. The molecule has 0 aromatic heterocycles. The van der Waals surface area contributed by atoms with Crippen LogP contribution in [0.2, 0.25) is 0 Å². The van der Waals surface area contributed by atoms with Gasteiger partial charge in [-0.3, -0.25) is 9.69 Å². The van der Waals surface area contributed by atoms with Crippen LogP contribution in [0.4, 0.5) is 0 Å². The van der Waals surface area contributed by atoms with Gasteiger partial charge in [-0.25, -0.2) is 0 Å². The number of likely N-dealkylation sites (tertiary alicyclic amines) is 1. The highest BCUT2D eigenvalue weighted by Gasteiger charge is 2.22. The minimum Gasteiger partial charge on any atom is -0.493 e. The normalized spacial score (nSPS) is 15.6. The molecule has 1 aliphatic rings. The maximum Gasteiger partial charge on any atom is 0.204 e. The zero-order chi connectivity index (χ0) is 15.2. The number of nitrogens with zero attached hydrogens (tertiary/aromatic N) is 1. The molecule has 0 saturated carbocycles. The van der Waals surface area contributed by atoms with E-state index in [4.69, 9.17) is 14.2 Å². The van der Waals surface area contributed by atoms with E-state index < -0.39 is 0 Å².